The highest BCUT2D eigenvalue weighted by molar-refractivity contribution is 5.77. The zero-order valence-corrected chi connectivity index (χ0v) is 13.0. The van der Waals surface area contributed by atoms with Crippen LogP contribution in [0.2, 0.25) is 0 Å². The highest BCUT2D eigenvalue weighted by Crippen LogP contribution is 2.27. The largest absolute Gasteiger partial charge is 0.573 e. The van der Waals surface area contributed by atoms with Crippen molar-refractivity contribution in [1.82, 2.24) is 4.90 Å². The second-order valence-corrected chi connectivity index (χ2v) is 5.88. The van der Waals surface area contributed by atoms with Gasteiger partial charge in [0, 0.05) is 25.0 Å². The molecule has 7 heteroatoms. The molecule has 2 N–H and O–H groups in total. The molecule has 1 aromatic rings. The second-order valence-electron chi connectivity index (χ2n) is 5.88. The van der Waals surface area contributed by atoms with E-state index in [-0.39, 0.29) is 36.6 Å². The number of hydrogen-bond acceptors (Lipinski definition) is 3. The summed E-state index contributed by atoms with van der Waals surface area (Å²) in [5.74, 6) is -0.312. The Kier molecular flexibility index (Phi) is 5.51. The number of alkyl halides is 3. The number of aryl methyl sites for hydroxylation is 1. The van der Waals surface area contributed by atoms with Gasteiger partial charge in [-0.3, -0.25) is 4.79 Å². The van der Waals surface area contributed by atoms with Crippen LogP contribution in [0.1, 0.15) is 31.7 Å². The van der Waals surface area contributed by atoms with Crippen LogP contribution < -0.4 is 10.5 Å². The van der Waals surface area contributed by atoms with Crippen molar-refractivity contribution in [1.29, 1.82) is 0 Å². The number of carbonyl (C=O) groups is 1. The average Bonchev–Trinajstić information content (AvgIpc) is 2.44. The van der Waals surface area contributed by atoms with Crippen LogP contribution in [0.4, 0.5) is 13.2 Å². The van der Waals surface area contributed by atoms with Gasteiger partial charge in [0.2, 0.25) is 5.91 Å². The lowest BCUT2D eigenvalue weighted by molar-refractivity contribution is -0.274. The SMILES string of the molecule is C[C@@H]1C[C@@H](N)CCN1C(=O)CCc1ccccc1OC(F)(F)F. The summed E-state index contributed by atoms with van der Waals surface area (Å²) < 4.78 is 41.2. The predicted molar refractivity (Wildman–Crippen MR) is 79.8 cm³/mol. The Bertz CT molecular complexity index is 548. The molecule has 0 aliphatic carbocycles. The molecule has 1 aliphatic rings. The van der Waals surface area contributed by atoms with Crippen LogP contribution in [-0.4, -0.2) is 35.8 Å². The molecule has 1 aliphatic heterocycles. The van der Waals surface area contributed by atoms with Gasteiger partial charge >= 0.3 is 6.36 Å². The van der Waals surface area contributed by atoms with E-state index in [9.17, 15) is 18.0 Å². The zero-order valence-electron chi connectivity index (χ0n) is 13.0. The number of likely N-dealkylation sites (tertiary alicyclic amines) is 1. The fourth-order valence-corrected chi connectivity index (χ4v) is 2.90. The Labute approximate surface area is 133 Å². The monoisotopic (exact) mass is 330 g/mol. The maximum atomic E-state index is 12.4. The van der Waals surface area contributed by atoms with Crippen molar-refractivity contribution in [2.45, 2.75) is 51.1 Å². The van der Waals surface area contributed by atoms with Crippen LogP contribution in [0.3, 0.4) is 0 Å². The Morgan fingerprint density at radius 3 is 2.74 bits per heavy atom. The molecule has 1 heterocycles. The van der Waals surface area contributed by atoms with Crippen LogP contribution >= 0.6 is 0 Å². The highest BCUT2D eigenvalue weighted by atomic mass is 19.4. The minimum Gasteiger partial charge on any atom is -0.406 e. The average molecular weight is 330 g/mol. The first kappa shape index (κ1) is 17.6. The number of piperidine rings is 1. The molecule has 23 heavy (non-hydrogen) atoms. The Morgan fingerprint density at radius 2 is 2.09 bits per heavy atom. The number of amides is 1. The molecule has 0 saturated carbocycles. The molecular weight excluding hydrogens is 309 g/mol. The summed E-state index contributed by atoms with van der Waals surface area (Å²) >= 11 is 0. The summed E-state index contributed by atoms with van der Waals surface area (Å²) in [7, 11) is 0. The van der Waals surface area contributed by atoms with E-state index in [0.717, 1.165) is 12.8 Å². The quantitative estimate of drug-likeness (QED) is 0.923. The van der Waals surface area contributed by atoms with Gasteiger partial charge in [0.1, 0.15) is 5.75 Å². The van der Waals surface area contributed by atoms with Gasteiger partial charge in [-0.15, -0.1) is 13.2 Å². The Hall–Kier alpha value is -1.76. The molecule has 0 bridgehead atoms. The summed E-state index contributed by atoms with van der Waals surface area (Å²) in [5.41, 5.74) is 6.24. The van der Waals surface area contributed by atoms with Gasteiger partial charge in [0.05, 0.1) is 0 Å². The van der Waals surface area contributed by atoms with Gasteiger partial charge in [-0.05, 0) is 37.8 Å². The van der Waals surface area contributed by atoms with Gasteiger partial charge in [-0.25, -0.2) is 0 Å². The second kappa shape index (κ2) is 7.21. The molecule has 0 unspecified atom stereocenters. The number of rotatable bonds is 4. The predicted octanol–water partition coefficient (Wildman–Crippen LogP) is 2.86. The number of hydrogen-bond donors (Lipinski definition) is 1. The van der Waals surface area contributed by atoms with Crippen molar-refractivity contribution < 1.29 is 22.7 Å². The minimum atomic E-state index is -4.74. The molecule has 1 amide bonds. The van der Waals surface area contributed by atoms with E-state index in [1.807, 2.05) is 6.92 Å². The maximum Gasteiger partial charge on any atom is 0.573 e. The molecule has 2 atom stereocenters. The first-order valence-electron chi connectivity index (χ1n) is 7.65. The van der Waals surface area contributed by atoms with E-state index >= 15 is 0 Å². The van der Waals surface area contributed by atoms with Crippen LogP contribution in [0.15, 0.2) is 24.3 Å². The van der Waals surface area contributed by atoms with Crippen molar-refractivity contribution >= 4 is 5.91 Å². The molecule has 4 nitrogen and oxygen atoms in total. The summed E-state index contributed by atoms with van der Waals surface area (Å²) in [6.45, 7) is 2.54. The summed E-state index contributed by atoms with van der Waals surface area (Å²) in [5, 5.41) is 0. The Balaban J connectivity index is 1.97. The highest BCUT2D eigenvalue weighted by Gasteiger charge is 2.32. The standard InChI is InChI=1S/C16H21F3N2O2/c1-11-10-13(20)8-9-21(11)15(22)7-6-12-4-2-3-5-14(12)23-16(17,18)19/h2-5,11,13H,6-10,20H2,1H3/t11-,13+/m1/s1. The first-order chi connectivity index (χ1) is 10.8. The first-order valence-corrected chi connectivity index (χ1v) is 7.65. The topological polar surface area (TPSA) is 55.6 Å². The van der Waals surface area contributed by atoms with E-state index in [2.05, 4.69) is 4.74 Å². The fraction of sp³-hybridized carbons (Fsp3) is 0.562. The molecule has 1 aromatic carbocycles. The molecule has 1 fully saturated rings. The fourth-order valence-electron chi connectivity index (χ4n) is 2.90. The normalized spacial score (nSPS) is 22.0. The van der Waals surface area contributed by atoms with E-state index in [4.69, 9.17) is 5.73 Å². The van der Waals surface area contributed by atoms with Gasteiger partial charge in [-0.1, -0.05) is 18.2 Å². The maximum absolute atomic E-state index is 12.4. The molecule has 0 spiro atoms. The molecular formula is C16H21F3N2O2. The number of nitrogens with two attached hydrogens (primary N) is 1. The van der Waals surface area contributed by atoms with Crippen LogP contribution in [-0.2, 0) is 11.2 Å². The number of carbonyl (C=O) groups excluding carboxylic acids is 1. The van der Waals surface area contributed by atoms with Crippen molar-refractivity contribution in [3.8, 4) is 5.75 Å². The van der Waals surface area contributed by atoms with E-state index in [0.29, 0.717) is 12.1 Å². The number of halogens is 3. The van der Waals surface area contributed by atoms with Crippen LogP contribution in [0.25, 0.3) is 0 Å². The van der Waals surface area contributed by atoms with Crippen molar-refractivity contribution in [2.24, 2.45) is 5.73 Å². The van der Waals surface area contributed by atoms with Gasteiger partial charge in [0.25, 0.3) is 0 Å². The van der Waals surface area contributed by atoms with Gasteiger partial charge < -0.3 is 15.4 Å². The van der Waals surface area contributed by atoms with E-state index in [1.165, 1.54) is 12.1 Å². The molecule has 0 radical (unpaired) electrons. The third-order valence-electron chi connectivity index (χ3n) is 4.04. The third-order valence-corrected chi connectivity index (χ3v) is 4.04. The van der Waals surface area contributed by atoms with Crippen LogP contribution in [0.5, 0.6) is 5.75 Å². The summed E-state index contributed by atoms with van der Waals surface area (Å²) in [6.07, 6.45) is -2.88. The number of nitrogens with zero attached hydrogens (tertiary/aromatic N) is 1. The summed E-state index contributed by atoms with van der Waals surface area (Å²) in [4.78, 5) is 14.1. The lowest BCUT2D eigenvalue weighted by Gasteiger charge is -2.36. The smallest absolute Gasteiger partial charge is 0.406 e. The molecule has 128 valence electrons. The molecule has 1 saturated heterocycles. The van der Waals surface area contributed by atoms with E-state index < -0.39 is 6.36 Å². The minimum absolute atomic E-state index is 0.0629. The van der Waals surface area contributed by atoms with Crippen molar-refractivity contribution in [3.05, 3.63) is 29.8 Å². The van der Waals surface area contributed by atoms with E-state index in [1.54, 1.807) is 17.0 Å². The Morgan fingerprint density at radius 1 is 1.39 bits per heavy atom. The van der Waals surface area contributed by atoms with Crippen molar-refractivity contribution in [3.63, 3.8) is 0 Å². The van der Waals surface area contributed by atoms with Gasteiger partial charge in [-0.2, -0.15) is 0 Å². The lowest BCUT2D eigenvalue weighted by atomic mass is 9.98. The number of para-hydroxylation sites is 1. The number of benzene rings is 1. The molecule has 2 rings (SSSR count). The lowest BCUT2D eigenvalue weighted by Crippen LogP contribution is -2.48. The zero-order chi connectivity index (χ0) is 17.0. The third kappa shape index (κ3) is 5.13. The van der Waals surface area contributed by atoms with Crippen LogP contribution in [0, 0.1) is 0 Å². The number of ether oxygens (including phenoxy) is 1. The van der Waals surface area contributed by atoms with Crippen molar-refractivity contribution in [2.75, 3.05) is 6.54 Å². The van der Waals surface area contributed by atoms with Gasteiger partial charge in [0.15, 0.2) is 0 Å². The molecule has 0 aromatic heterocycles. The summed E-state index contributed by atoms with van der Waals surface area (Å²) in [6, 6.07) is 6.08.